The Labute approximate surface area is 146 Å². The first-order valence-corrected chi connectivity index (χ1v) is 8.34. The molecule has 0 aliphatic carbocycles. The van der Waals surface area contributed by atoms with E-state index in [0.717, 1.165) is 23.3 Å². The van der Waals surface area contributed by atoms with E-state index in [1.807, 2.05) is 36.4 Å². The van der Waals surface area contributed by atoms with Crippen molar-refractivity contribution in [2.75, 3.05) is 11.9 Å². The zero-order valence-corrected chi connectivity index (χ0v) is 13.7. The van der Waals surface area contributed by atoms with E-state index in [4.69, 9.17) is 0 Å². The molecule has 3 aromatic carbocycles. The molecule has 0 saturated heterocycles. The summed E-state index contributed by atoms with van der Waals surface area (Å²) in [6.45, 7) is 0.733. The van der Waals surface area contributed by atoms with Crippen molar-refractivity contribution < 1.29 is 0 Å². The number of rotatable bonds is 5. The van der Waals surface area contributed by atoms with Crippen molar-refractivity contribution in [1.82, 2.24) is 15.4 Å². The molecule has 0 amide bonds. The minimum absolute atomic E-state index is 0.233. The molecule has 0 aliphatic heterocycles. The molecule has 4 heteroatoms. The Hall–Kier alpha value is -3.27. The first-order valence-electron chi connectivity index (χ1n) is 8.34. The van der Waals surface area contributed by atoms with Crippen LogP contribution in [0.5, 0.6) is 0 Å². The molecule has 0 unspecified atom stereocenters. The third kappa shape index (κ3) is 3.33. The van der Waals surface area contributed by atoms with E-state index in [0.29, 0.717) is 0 Å². The molecule has 0 atom stereocenters. The lowest BCUT2D eigenvalue weighted by Crippen LogP contribution is -2.15. The third-order valence-electron chi connectivity index (χ3n) is 4.33. The molecule has 1 N–H and O–H groups in total. The van der Waals surface area contributed by atoms with Crippen LogP contribution < -0.4 is 5.32 Å². The molecule has 4 rings (SSSR count). The van der Waals surface area contributed by atoms with Crippen LogP contribution in [0.15, 0.2) is 84.9 Å². The molecule has 1 aromatic heterocycles. The van der Waals surface area contributed by atoms with E-state index < -0.39 is 0 Å². The molecular weight excluding hydrogens is 308 g/mol. The van der Waals surface area contributed by atoms with Crippen molar-refractivity contribution in [2.45, 2.75) is 5.92 Å². The van der Waals surface area contributed by atoms with Gasteiger partial charge in [0.05, 0.1) is 5.52 Å². The van der Waals surface area contributed by atoms with E-state index in [1.165, 1.54) is 11.1 Å². The number of benzene rings is 3. The first kappa shape index (κ1) is 15.3. The highest BCUT2D eigenvalue weighted by Gasteiger charge is 2.14. The first-order chi connectivity index (χ1) is 12.4. The predicted octanol–water partition coefficient (Wildman–Crippen LogP) is 4.27. The summed E-state index contributed by atoms with van der Waals surface area (Å²) in [6, 6.07) is 28.9. The lowest BCUT2D eigenvalue weighted by atomic mass is 9.91. The number of nitrogens with one attached hydrogen (secondary N) is 1. The van der Waals surface area contributed by atoms with E-state index in [9.17, 15) is 0 Å². The molecule has 0 radical (unpaired) electrons. The van der Waals surface area contributed by atoms with Gasteiger partial charge < -0.3 is 5.32 Å². The Morgan fingerprint density at radius 3 is 1.96 bits per heavy atom. The van der Waals surface area contributed by atoms with Crippen molar-refractivity contribution in [2.24, 2.45) is 0 Å². The zero-order valence-electron chi connectivity index (χ0n) is 13.7. The molecule has 0 bridgehead atoms. The number of anilines is 1. The maximum atomic E-state index is 4.19. The summed E-state index contributed by atoms with van der Waals surface area (Å²) in [5.74, 6) is 0.999. The van der Waals surface area contributed by atoms with Gasteiger partial charge in [-0.3, -0.25) is 0 Å². The van der Waals surface area contributed by atoms with Gasteiger partial charge in [-0.25, -0.2) is 0 Å². The van der Waals surface area contributed by atoms with Crippen LogP contribution in [-0.4, -0.2) is 22.0 Å². The summed E-state index contributed by atoms with van der Waals surface area (Å²) in [5, 5.41) is 16.6. The molecule has 4 nitrogen and oxygen atoms in total. The van der Waals surface area contributed by atoms with E-state index >= 15 is 0 Å². The summed E-state index contributed by atoms with van der Waals surface area (Å²) in [7, 11) is 0. The van der Waals surface area contributed by atoms with Crippen LogP contribution >= 0.6 is 0 Å². The van der Waals surface area contributed by atoms with Gasteiger partial charge in [0.15, 0.2) is 5.82 Å². The Morgan fingerprint density at radius 1 is 0.680 bits per heavy atom. The highest BCUT2D eigenvalue weighted by atomic mass is 15.3. The third-order valence-corrected chi connectivity index (χ3v) is 4.33. The maximum Gasteiger partial charge on any atom is 0.160 e. The Bertz CT molecular complexity index is 910. The van der Waals surface area contributed by atoms with Gasteiger partial charge in [-0.05, 0) is 28.5 Å². The average Bonchev–Trinajstić information content (AvgIpc) is 2.70. The predicted molar refractivity (Wildman–Crippen MR) is 101 cm³/mol. The minimum atomic E-state index is 0.233. The van der Waals surface area contributed by atoms with Crippen molar-refractivity contribution in [3.63, 3.8) is 0 Å². The molecule has 4 aromatic rings. The number of fused-ring (bicyclic) bond motifs is 1. The van der Waals surface area contributed by atoms with Gasteiger partial charge in [-0.15, -0.1) is 10.2 Å². The van der Waals surface area contributed by atoms with E-state index in [1.54, 1.807) is 0 Å². The van der Waals surface area contributed by atoms with Crippen molar-refractivity contribution in [3.8, 4) is 0 Å². The Kier molecular flexibility index (Phi) is 4.33. The van der Waals surface area contributed by atoms with Gasteiger partial charge in [0.2, 0.25) is 0 Å². The summed E-state index contributed by atoms with van der Waals surface area (Å²) in [5.41, 5.74) is 3.39. The normalized spacial score (nSPS) is 10.9. The fourth-order valence-corrected chi connectivity index (χ4v) is 3.06. The largest absolute Gasteiger partial charge is 0.367 e. The topological polar surface area (TPSA) is 50.7 Å². The standard InChI is InChI=1S/C21H18N4/c1-3-9-16(10-4-1)19(17-11-5-2-6-12-17)15-22-21-18-13-7-8-14-20(18)23-25-24-21/h1-14,19H,15H2,(H,22,23,24). The number of nitrogens with zero attached hydrogens (tertiary/aromatic N) is 3. The molecule has 1 heterocycles. The number of hydrogen-bond donors (Lipinski definition) is 1. The van der Waals surface area contributed by atoms with Gasteiger partial charge in [0.25, 0.3) is 0 Å². The second-order valence-corrected chi connectivity index (χ2v) is 5.91. The molecule has 0 spiro atoms. The zero-order chi connectivity index (χ0) is 16.9. The second-order valence-electron chi connectivity index (χ2n) is 5.91. The summed E-state index contributed by atoms with van der Waals surface area (Å²) in [4.78, 5) is 0. The molecular formula is C21H18N4. The minimum Gasteiger partial charge on any atom is -0.367 e. The van der Waals surface area contributed by atoms with Crippen molar-refractivity contribution >= 4 is 16.7 Å². The van der Waals surface area contributed by atoms with Crippen LogP contribution in [-0.2, 0) is 0 Å². The summed E-state index contributed by atoms with van der Waals surface area (Å²) in [6.07, 6.45) is 0. The number of aromatic nitrogens is 3. The SMILES string of the molecule is c1ccc(C(CNc2nnnc3ccccc23)c2ccccc2)cc1. The van der Waals surface area contributed by atoms with Crippen LogP contribution in [0.2, 0.25) is 0 Å². The second kappa shape index (κ2) is 7.09. The maximum absolute atomic E-state index is 4.19. The summed E-state index contributed by atoms with van der Waals surface area (Å²) >= 11 is 0. The fourth-order valence-electron chi connectivity index (χ4n) is 3.06. The van der Waals surface area contributed by atoms with Crippen LogP contribution in [0.25, 0.3) is 10.9 Å². The molecule has 25 heavy (non-hydrogen) atoms. The Morgan fingerprint density at radius 2 is 1.28 bits per heavy atom. The summed E-state index contributed by atoms with van der Waals surface area (Å²) < 4.78 is 0. The Balaban J connectivity index is 1.65. The van der Waals surface area contributed by atoms with Crippen LogP contribution in [0.4, 0.5) is 5.82 Å². The molecule has 0 aliphatic rings. The monoisotopic (exact) mass is 326 g/mol. The van der Waals surface area contributed by atoms with Crippen LogP contribution in [0.1, 0.15) is 17.0 Å². The molecule has 122 valence electrons. The average molecular weight is 326 g/mol. The van der Waals surface area contributed by atoms with Gasteiger partial charge in [-0.1, -0.05) is 72.8 Å². The van der Waals surface area contributed by atoms with Crippen LogP contribution in [0.3, 0.4) is 0 Å². The van der Waals surface area contributed by atoms with Gasteiger partial charge in [0.1, 0.15) is 0 Å². The highest BCUT2D eigenvalue weighted by Crippen LogP contribution is 2.26. The van der Waals surface area contributed by atoms with Gasteiger partial charge in [-0.2, -0.15) is 0 Å². The number of hydrogen-bond acceptors (Lipinski definition) is 4. The lowest BCUT2D eigenvalue weighted by Gasteiger charge is -2.19. The van der Waals surface area contributed by atoms with Gasteiger partial charge in [0, 0.05) is 17.8 Å². The fraction of sp³-hybridized carbons (Fsp3) is 0.0952. The van der Waals surface area contributed by atoms with E-state index in [2.05, 4.69) is 69.3 Å². The quantitative estimate of drug-likeness (QED) is 0.595. The van der Waals surface area contributed by atoms with Crippen LogP contribution in [0, 0.1) is 0 Å². The lowest BCUT2D eigenvalue weighted by molar-refractivity contribution is 0.832. The van der Waals surface area contributed by atoms with Crippen molar-refractivity contribution in [3.05, 3.63) is 96.1 Å². The van der Waals surface area contributed by atoms with Crippen molar-refractivity contribution in [1.29, 1.82) is 0 Å². The van der Waals surface area contributed by atoms with Gasteiger partial charge >= 0.3 is 0 Å². The smallest absolute Gasteiger partial charge is 0.160 e. The molecule has 0 fully saturated rings. The highest BCUT2D eigenvalue weighted by molar-refractivity contribution is 5.88. The van der Waals surface area contributed by atoms with E-state index in [-0.39, 0.29) is 5.92 Å². The molecule has 0 saturated carbocycles.